The number of hydrazone groups is 1. The minimum Gasteiger partial charge on any atom is -0.507 e. The Hall–Kier alpha value is -3.80. The Bertz CT molecular complexity index is 971. The predicted octanol–water partition coefficient (Wildman–Crippen LogP) is 3.74. The molecule has 0 aromatic heterocycles. The van der Waals surface area contributed by atoms with E-state index in [0.717, 1.165) is 11.1 Å². The summed E-state index contributed by atoms with van der Waals surface area (Å²) < 4.78 is 11.2. The molecule has 3 aromatic carbocycles. The van der Waals surface area contributed by atoms with Gasteiger partial charge in [0.25, 0.3) is 5.91 Å². The summed E-state index contributed by atoms with van der Waals surface area (Å²) in [7, 11) is 1.57. The van der Waals surface area contributed by atoms with Crippen molar-refractivity contribution in [3.05, 3.63) is 89.5 Å². The second-order valence-corrected chi connectivity index (χ2v) is 5.90. The van der Waals surface area contributed by atoms with Crippen molar-refractivity contribution in [2.45, 2.75) is 6.61 Å². The smallest absolute Gasteiger partial charge is 0.275 e. The molecule has 0 heterocycles. The first-order valence-electron chi connectivity index (χ1n) is 8.63. The van der Waals surface area contributed by atoms with Crippen LogP contribution >= 0.6 is 0 Å². The lowest BCUT2D eigenvalue weighted by Crippen LogP contribution is -2.17. The Morgan fingerprint density at radius 2 is 1.79 bits per heavy atom. The second-order valence-electron chi connectivity index (χ2n) is 5.90. The number of aromatic hydroxyl groups is 1. The van der Waals surface area contributed by atoms with E-state index in [1.807, 2.05) is 30.3 Å². The number of para-hydroxylation sites is 1. The number of rotatable bonds is 7. The molecule has 0 fully saturated rings. The molecular weight excluding hydrogens is 356 g/mol. The molecule has 0 aliphatic rings. The maximum atomic E-state index is 12.1. The van der Waals surface area contributed by atoms with Gasteiger partial charge >= 0.3 is 0 Å². The van der Waals surface area contributed by atoms with E-state index in [0.29, 0.717) is 18.1 Å². The number of ether oxygens (including phenoxy) is 2. The lowest BCUT2D eigenvalue weighted by molar-refractivity contribution is 0.0952. The fourth-order valence-corrected chi connectivity index (χ4v) is 2.51. The molecule has 0 bridgehead atoms. The van der Waals surface area contributed by atoms with Crippen LogP contribution in [0.25, 0.3) is 0 Å². The average molecular weight is 376 g/mol. The van der Waals surface area contributed by atoms with Crippen molar-refractivity contribution in [1.82, 2.24) is 5.43 Å². The van der Waals surface area contributed by atoms with E-state index in [1.165, 1.54) is 18.3 Å². The molecule has 6 heteroatoms. The molecule has 0 radical (unpaired) electrons. The topological polar surface area (TPSA) is 80.2 Å². The van der Waals surface area contributed by atoms with Crippen LogP contribution in [0.3, 0.4) is 0 Å². The summed E-state index contributed by atoms with van der Waals surface area (Å²) in [6.45, 7) is 0.405. The van der Waals surface area contributed by atoms with Crippen molar-refractivity contribution in [3.63, 3.8) is 0 Å². The van der Waals surface area contributed by atoms with Gasteiger partial charge in [0.2, 0.25) is 0 Å². The number of nitrogens with one attached hydrogen (secondary N) is 1. The summed E-state index contributed by atoms with van der Waals surface area (Å²) in [4.78, 5) is 12.1. The van der Waals surface area contributed by atoms with Gasteiger partial charge in [-0.3, -0.25) is 4.79 Å². The Morgan fingerprint density at radius 3 is 2.54 bits per heavy atom. The zero-order valence-corrected chi connectivity index (χ0v) is 15.3. The molecule has 0 saturated heterocycles. The highest BCUT2D eigenvalue weighted by Gasteiger charge is 2.09. The Morgan fingerprint density at radius 1 is 1.04 bits per heavy atom. The first-order chi connectivity index (χ1) is 13.7. The number of methoxy groups -OCH3 is 1. The van der Waals surface area contributed by atoms with E-state index in [-0.39, 0.29) is 11.3 Å². The van der Waals surface area contributed by atoms with Crippen molar-refractivity contribution in [1.29, 1.82) is 0 Å². The molecule has 0 saturated carbocycles. The normalized spacial score (nSPS) is 10.6. The van der Waals surface area contributed by atoms with Gasteiger partial charge in [0.05, 0.1) is 18.9 Å². The van der Waals surface area contributed by atoms with Crippen LogP contribution in [-0.2, 0) is 6.61 Å². The van der Waals surface area contributed by atoms with E-state index in [1.54, 1.807) is 37.4 Å². The molecular formula is C22H20N2O4. The SMILES string of the molecule is COc1ccc(/C=N\NC(=O)c2ccccc2O)cc1OCc1ccccc1. The third kappa shape index (κ3) is 4.88. The van der Waals surface area contributed by atoms with Crippen LogP contribution in [0.5, 0.6) is 17.2 Å². The minimum absolute atomic E-state index is 0.101. The van der Waals surface area contributed by atoms with Gasteiger partial charge in [-0.15, -0.1) is 0 Å². The number of benzene rings is 3. The van der Waals surface area contributed by atoms with Gasteiger partial charge in [0, 0.05) is 0 Å². The molecule has 0 atom stereocenters. The molecule has 0 spiro atoms. The summed E-state index contributed by atoms with van der Waals surface area (Å²) in [5.74, 6) is 0.577. The van der Waals surface area contributed by atoms with Crippen molar-refractivity contribution in [2.24, 2.45) is 5.10 Å². The number of hydrogen-bond acceptors (Lipinski definition) is 5. The maximum absolute atomic E-state index is 12.1. The molecule has 2 N–H and O–H groups in total. The number of carbonyl (C=O) groups is 1. The number of nitrogens with zero attached hydrogens (tertiary/aromatic N) is 1. The first-order valence-corrected chi connectivity index (χ1v) is 8.63. The standard InChI is InChI=1S/C22H20N2O4/c1-27-20-12-11-17(13-21(20)28-15-16-7-3-2-4-8-16)14-23-24-22(26)18-9-5-6-10-19(18)25/h2-14,25H,15H2,1H3,(H,24,26)/b23-14-. The van der Waals surface area contributed by atoms with Crippen molar-refractivity contribution in [3.8, 4) is 17.2 Å². The molecule has 28 heavy (non-hydrogen) atoms. The van der Waals surface area contributed by atoms with Gasteiger partial charge in [0.15, 0.2) is 11.5 Å². The van der Waals surface area contributed by atoms with Crippen LogP contribution in [0.4, 0.5) is 0 Å². The molecule has 1 amide bonds. The van der Waals surface area contributed by atoms with Crippen molar-refractivity contribution < 1.29 is 19.4 Å². The van der Waals surface area contributed by atoms with Crippen LogP contribution in [0.15, 0.2) is 77.9 Å². The van der Waals surface area contributed by atoms with Crippen LogP contribution in [0, 0.1) is 0 Å². The molecule has 0 aliphatic heterocycles. The summed E-state index contributed by atoms with van der Waals surface area (Å²) >= 11 is 0. The molecule has 142 valence electrons. The van der Waals surface area contributed by atoms with E-state index in [2.05, 4.69) is 10.5 Å². The van der Waals surface area contributed by atoms with Gasteiger partial charge in [0.1, 0.15) is 12.4 Å². The fraction of sp³-hybridized carbons (Fsp3) is 0.0909. The molecule has 3 aromatic rings. The lowest BCUT2D eigenvalue weighted by Gasteiger charge is -2.11. The zero-order chi connectivity index (χ0) is 19.8. The number of phenolic OH excluding ortho intramolecular Hbond substituents is 1. The third-order valence-corrected chi connectivity index (χ3v) is 3.95. The zero-order valence-electron chi connectivity index (χ0n) is 15.3. The third-order valence-electron chi connectivity index (χ3n) is 3.95. The number of carbonyl (C=O) groups excluding carboxylic acids is 1. The second kappa shape index (κ2) is 9.23. The first kappa shape index (κ1) is 19.0. The molecule has 0 aliphatic carbocycles. The van der Waals surface area contributed by atoms with E-state index in [4.69, 9.17) is 9.47 Å². The number of phenols is 1. The van der Waals surface area contributed by atoms with Crippen LogP contribution in [0.2, 0.25) is 0 Å². The van der Waals surface area contributed by atoms with Gasteiger partial charge in [-0.2, -0.15) is 5.10 Å². The molecule has 3 rings (SSSR count). The Balaban J connectivity index is 1.67. The van der Waals surface area contributed by atoms with Gasteiger partial charge < -0.3 is 14.6 Å². The maximum Gasteiger partial charge on any atom is 0.275 e. The summed E-state index contributed by atoms with van der Waals surface area (Å²) in [5, 5.41) is 13.6. The van der Waals surface area contributed by atoms with Crippen molar-refractivity contribution in [2.75, 3.05) is 7.11 Å². The van der Waals surface area contributed by atoms with Gasteiger partial charge in [-0.05, 0) is 41.5 Å². The summed E-state index contributed by atoms with van der Waals surface area (Å²) in [6.07, 6.45) is 1.49. The fourth-order valence-electron chi connectivity index (χ4n) is 2.51. The van der Waals surface area contributed by atoms with E-state index < -0.39 is 5.91 Å². The predicted molar refractivity (Wildman–Crippen MR) is 107 cm³/mol. The average Bonchev–Trinajstić information content (AvgIpc) is 2.73. The highest BCUT2D eigenvalue weighted by Crippen LogP contribution is 2.28. The summed E-state index contributed by atoms with van der Waals surface area (Å²) in [5.41, 5.74) is 4.31. The monoisotopic (exact) mass is 376 g/mol. The highest BCUT2D eigenvalue weighted by molar-refractivity contribution is 5.97. The largest absolute Gasteiger partial charge is 0.507 e. The lowest BCUT2D eigenvalue weighted by atomic mass is 10.2. The van der Waals surface area contributed by atoms with Crippen LogP contribution < -0.4 is 14.9 Å². The van der Waals surface area contributed by atoms with Crippen LogP contribution in [0.1, 0.15) is 21.5 Å². The van der Waals surface area contributed by atoms with Crippen molar-refractivity contribution >= 4 is 12.1 Å². The molecule has 0 unspecified atom stereocenters. The Labute approximate surface area is 163 Å². The molecule has 6 nitrogen and oxygen atoms in total. The Kier molecular flexibility index (Phi) is 6.25. The van der Waals surface area contributed by atoms with Crippen LogP contribution in [-0.4, -0.2) is 24.3 Å². The van der Waals surface area contributed by atoms with E-state index in [9.17, 15) is 9.90 Å². The number of hydrogen-bond donors (Lipinski definition) is 2. The summed E-state index contributed by atoms with van der Waals surface area (Å²) in [6, 6.07) is 21.4. The van der Waals surface area contributed by atoms with Gasteiger partial charge in [-0.25, -0.2) is 5.43 Å². The highest BCUT2D eigenvalue weighted by atomic mass is 16.5. The van der Waals surface area contributed by atoms with Gasteiger partial charge in [-0.1, -0.05) is 42.5 Å². The number of amides is 1. The van der Waals surface area contributed by atoms with E-state index >= 15 is 0 Å². The minimum atomic E-state index is -0.497. The quantitative estimate of drug-likeness (QED) is 0.486.